The van der Waals surface area contributed by atoms with E-state index in [0.717, 1.165) is 19.1 Å². The Balaban J connectivity index is 1.85. The van der Waals surface area contributed by atoms with Crippen molar-refractivity contribution in [3.8, 4) is 22.6 Å². The smallest absolute Gasteiger partial charge is 0.406 e. The van der Waals surface area contributed by atoms with Gasteiger partial charge in [0.15, 0.2) is 0 Å². The summed E-state index contributed by atoms with van der Waals surface area (Å²) in [6.07, 6.45) is -2.49. The number of imidazole rings is 1. The molecule has 1 heterocycles. The van der Waals surface area contributed by atoms with Crippen LogP contribution in [0, 0.1) is 6.92 Å². The highest BCUT2D eigenvalue weighted by Gasteiger charge is 2.31. The molecular formula is C29H29F5N6O2S. The summed E-state index contributed by atoms with van der Waals surface area (Å²) in [6, 6.07) is 17.1. The molecule has 43 heavy (non-hydrogen) atoms. The van der Waals surface area contributed by atoms with Crippen molar-refractivity contribution in [2.24, 2.45) is 11.6 Å². The maximum atomic E-state index is 14.2. The van der Waals surface area contributed by atoms with Gasteiger partial charge in [-0.1, -0.05) is 18.2 Å². The summed E-state index contributed by atoms with van der Waals surface area (Å²) in [5.74, 6) is 3.22. The van der Waals surface area contributed by atoms with Gasteiger partial charge in [0.1, 0.15) is 28.3 Å². The van der Waals surface area contributed by atoms with Crippen molar-refractivity contribution < 1.29 is 30.9 Å². The van der Waals surface area contributed by atoms with E-state index in [1.165, 1.54) is 34.1 Å². The van der Waals surface area contributed by atoms with E-state index in [2.05, 4.69) is 9.72 Å². The average molecular weight is 621 g/mol. The first-order chi connectivity index (χ1) is 20.1. The van der Waals surface area contributed by atoms with Crippen molar-refractivity contribution >= 4 is 22.4 Å². The van der Waals surface area contributed by atoms with E-state index in [-0.39, 0.29) is 11.5 Å². The molecule has 0 aliphatic heterocycles. The predicted octanol–water partition coefficient (Wildman–Crippen LogP) is 6.08. The minimum atomic E-state index is -4.86. The second-order valence-electron chi connectivity index (χ2n) is 9.72. The van der Waals surface area contributed by atoms with Crippen LogP contribution in [0.1, 0.15) is 24.0 Å². The summed E-state index contributed by atoms with van der Waals surface area (Å²) in [7, 11) is 1.96. The first-order valence-corrected chi connectivity index (χ1v) is 13.8. The van der Waals surface area contributed by atoms with Gasteiger partial charge in [0.05, 0.1) is 22.0 Å². The third-order valence-electron chi connectivity index (χ3n) is 6.33. The number of aromatic nitrogens is 2. The number of ether oxygens (including phenoxy) is 1. The summed E-state index contributed by atoms with van der Waals surface area (Å²) in [5.41, 5.74) is 8.06. The molecular weight excluding hydrogens is 591 g/mol. The molecule has 0 saturated carbocycles. The zero-order valence-corrected chi connectivity index (χ0v) is 24.4. The monoisotopic (exact) mass is 620 g/mol. The largest absolute Gasteiger partial charge is 0.573 e. The molecule has 0 amide bonds. The molecule has 4 aromatic rings. The van der Waals surface area contributed by atoms with E-state index in [1.807, 2.05) is 6.07 Å². The van der Waals surface area contributed by atoms with Gasteiger partial charge in [0.2, 0.25) is 0 Å². The topological polar surface area (TPSA) is 103 Å². The molecule has 4 rings (SSSR count). The fraction of sp³-hybridized carbons (Fsp3) is 0.207. The van der Waals surface area contributed by atoms with Gasteiger partial charge >= 0.3 is 6.36 Å². The highest BCUT2D eigenvalue weighted by Crippen LogP contribution is 2.36. The number of nitrogens with two attached hydrogens (primary N) is 2. The molecule has 0 bridgehead atoms. The van der Waals surface area contributed by atoms with Crippen LogP contribution in [0.4, 0.5) is 27.6 Å². The van der Waals surface area contributed by atoms with Crippen LogP contribution in [-0.4, -0.2) is 38.5 Å². The lowest BCUT2D eigenvalue weighted by molar-refractivity contribution is -0.274. The number of benzene rings is 3. The van der Waals surface area contributed by atoms with Crippen LogP contribution >= 0.6 is 0 Å². The van der Waals surface area contributed by atoms with E-state index in [9.17, 15) is 26.2 Å². The van der Waals surface area contributed by atoms with Crippen LogP contribution in [0.5, 0.6) is 5.75 Å². The van der Waals surface area contributed by atoms with Gasteiger partial charge < -0.3 is 15.0 Å². The average Bonchev–Trinajstić information content (AvgIpc) is 3.34. The standard InChI is InChI=1S/C29H29F5N6O2S/c1-18-37-27(28(2,30)31)17-39(18)24-13-10-21(20-6-5-7-23(14-20)43(41)38(3)4)15-25(24)40(36)26(16-35)19-8-11-22(12-9-19)42-29(32,33)34/h5-17H,35-36H2,1-4H3/b26-16-. The van der Waals surface area contributed by atoms with Crippen LogP contribution in [0.3, 0.4) is 0 Å². The molecule has 0 saturated heterocycles. The van der Waals surface area contributed by atoms with Gasteiger partial charge in [-0.3, -0.25) is 5.01 Å². The zero-order chi connectivity index (χ0) is 31.7. The number of aryl methyl sites for hydroxylation is 1. The van der Waals surface area contributed by atoms with Crippen LogP contribution in [0.2, 0.25) is 0 Å². The van der Waals surface area contributed by atoms with Crippen LogP contribution in [-0.2, 0) is 16.9 Å². The van der Waals surface area contributed by atoms with Gasteiger partial charge in [0.25, 0.3) is 5.92 Å². The van der Waals surface area contributed by atoms with Gasteiger partial charge in [-0.2, -0.15) is 8.78 Å². The van der Waals surface area contributed by atoms with Crippen LogP contribution in [0.25, 0.3) is 22.5 Å². The Bertz CT molecular complexity index is 1660. The Hall–Kier alpha value is -4.27. The number of rotatable bonds is 9. The van der Waals surface area contributed by atoms with E-state index in [0.29, 0.717) is 33.0 Å². The Morgan fingerprint density at radius 1 is 1.00 bits per heavy atom. The van der Waals surface area contributed by atoms with E-state index in [1.54, 1.807) is 61.7 Å². The Kier molecular flexibility index (Phi) is 8.94. The van der Waals surface area contributed by atoms with Crippen molar-refractivity contribution in [1.29, 1.82) is 0 Å². The summed E-state index contributed by atoms with van der Waals surface area (Å²) in [5, 5.41) is 1.20. The normalized spacial score (nSPS) is 13.3. The molecule has 0 aliphatic rings. The Labute approximate surface area is 247 Å². The van der Waals surface area contributed by atoms with E-state index < -0.39 is 34.7 Å². The highest BCUT2D eigenvalue weighted by atomic mass is 32.2. The van der Waals surface area contributed by atoms with Crippen LogP contribution in [0.15, 0.2) is 84.0 Å². The molecule has 8 nitrogen and oxygen atoms in total. The molecule has 14 heteroatoms. The van der Waals surface area contributed by atoms with Crippen molar-refractivity contribution in [1.82, 2.24) is 13.9 Å². The van der Waals surface area contributed by atoms with E-state index >= 15 is 0 Å². The second kappa shape index (κ2) is 12.1. The number of nitrogens with zero attached hydrogens (tertiary/aromatic N) is 4. The maximum absolute atomic E-state index is 14.2. The number of hydrogen-bond donors (Lipinski definition) is 2. The number of anilines is 1. The Morgan fingerprint density at radius 2 is 1.65 bits per heavy atom. The van der Waals surface area contributed by atoms with E-state index in [4.69, 9.17) is 11.6 Å². The summed E-state index contributed by atoms with van der Waals surface area (Å²) in [6.45, 7) is 2.30. The van der Waals surface area contributed by atoms with Crippen LogP contribution < -0.4 is 21.3 Å². The maximum Gasteiger partial charge on any atom is 0.573 e. The fourth-order valence-electron chi connectivity index (χ4n) is 4.30. The quantitative estimate of drug-likeness (QED) is 0.134. The van der Waals surface area contributed by atoms with Gasteiger partial charge in [-0.05, 0) is 80.7 Å². The molecule has 1 atom stereocenters. The lowest BCUT2D eigenvalue weighted by atomic mass is 10.0. The van der Waals surface area contributed by atoms with Crippen molar-refractivity contribution in [3.63, 3.8) is 0 Å². The minimum Gasteiger partial charge on any atom is -0.406 e. The third-order valence-corrected chi connectivity index (χ3v) is 7.65. The number of alkyl halides is 5. The predicted molar refractivity (Wildman–Crippen MR) is 155 cm³/mol. The molecule has 3 aromatic carbocycles. The van der Waals surface area contributed by atoms with Crippen molar-refractivity contribution in [3.05, 3.63) is 96.2 Å². The molecule has 0 radical (unpaired) electrons. The molecule has 0 fully saturated rings. The highest BCUT2D eigenvalue weighted by molar-refractivity contribution is 7.82. The lowest BCUT2D eigenvalue weighted by Crippen LogP contribution is -2.31. The third kappa shape index (κ3) is 7.21. The molecule has 0 aliphatic carbocycles. The second-order valence-corrected chi connectivity index (χ2v) is 11.4. The number of hydrogen-bond acceptors (Lipinski definition) is 6. The van der Waals surface area contributed by atoms with Gasteiger partial charge in [-0.15, -0.1) is 13.2 Å². The van der Waals surface area contributed by atoms with Gasteiger partial charge in [0, 0.05) is 24.9 Å². The van der Waals surface area contributed by atoms with Gasteiger partial charge in [-0.25, -0.2) is 19.3 Å². The molecule has 0 spiro atoms. The Morgan fingerprint density at radius 3 is 2.21 bits per heavy atom. The fourth-order valence-corrected chi connectivity index (χ4v) is 5.14. The number of hydrazine groups is 1. The summed E-state index contributed by atoms with van der Waals surface area (Å²) < 4.78 is 86.0. The minimum absolute atomic E-state index is 0.193. The molecule has 228 valence electrons. The van der Waals surface area contributed by atoms with Crippen molar-refractivity contribution in [2.75, 3.05) is 19.1 Å². The summed E-state index contributed by atoms with van der Waals surface area (Å²) in [4.78, 5) is 4.58. The lowest BCUT2D eigenvalue weighted by Gasteiger charge is -2.26. The summed E-state index contributed by atoms with van der Waals surface area (Å²) >= 11 is 0. The first kappa shape index (κ1) is 31.7. The zero-order valence-electron chi connectivity index (χ0n) is 23.6. The SMILES string of the molecule is Cc1nc(C(C)(F)F)cn1-c1ccc(-c2cccc(S(=O)N(C)C)c2)cc1N(N)/C(=C\N)c1ccc(OC(F)(F)F)cc1. The molecule has 1 aromatic heterocycles. The van der Waals surface area contributed by atoms with Crippen molar-refractivity contribution in [2.45, 2.75) is 31.0 Å². The first-order valence-electron chi connectivity index (χ1n) is 12.7. The number of halogens is 5. The molecule has 1 unspecified atom stereocenters. The molecule has 4 N–H and O–H groups in total.